The summed E-state index contributed by atoms with van der Waals surface area (Å²) in [6.07, 6.45) is 2.29. The summed E-state index contributed by atoms with van der Waals surface area (Å²) in [5, 5.41) is 18.9. The van der Waals surface area contributed by atoms with Crippen molar-refractivity contribution in [2.45, 2.75) is 18.8 Å². The second-order valence-corrected chi connectivity index (χ2v) is 5.12. The zero-order valence-corrected chi connectivity index (χ0v) is 11.1. The van der Waals surface area contributed by atoms with Crippen molar-refractivity contribution in [3.63, 3.8) is 0 Å². The van der Waals surface area contributed by atoms with Crippen LogP contribution in [0.5, 0.6) is 0 Å². The minimum absolute atomic E-state index is 0.118. The molecule has 1 aromatic heterocycles. The highest BCUT2D eigenvalue weighted by atomic mass is 16.4. The van der Waals surface area contributed by atoms with Crippen LogP contribution in [-0.2, 0) is 0 Å². The molecule has 0 radical (unpaired) electrons. The molecule has 3 rings (SSSR count). The largest absolute Gasteiger partial charge is 0.477 e. The van der Waals surface area contributed by atoms with E-state index in [9.17, 15) is 4.79 Å². The van der Waals surface area contributed by atoms with Gasteiger partial charge in [-0.2, -0.15) is 5.10 Å². The van der Waals surface area contributed by atoms with Gasteiger partial charge in [0, 0.05) is 5.56 Å². The molecule has 1 aliphatic heterocycles. The van der Waals surface area contributed by atoms with E-state index in [2.05, 4.69) is 27.6 Å². The number of piperidine rings is 1. The minimum atomic E-state index is -0.988. The quantitative estimate of drug-likeness (QED) is 0.800. The third kappa shape index (κ3) is 2.58. The lowest BCUT2D eigenvalue weighted by molar-refractivity contribution is 0.0690. The fraction of sp³-hybridized carbons (Fsp3) is 0.333. The molecule has 20 heavy (non-hydrogen) atoms. The monoisotopic (exact) mass is 271 g/mol. The van der Waals surface area contributed by atoms with E-state index in [-0.39, 0.29) is 5.69 Å². The predicted octanol–water partition coefficient (Wildman–Crippen LogP) is 2.24. The predicted molar refractivity (Wildman–Crippen MR) is 75.8 cm³/mol. The second-order valence-electron chi connectivity index (χ2n) is 5.12. The van der Waals surface area contributed by atoms with Gasteiger partial charge in [-0.05, 0) is 49.5 Å². The molecule has 0 atom stereocenters. The standard InChI is InChI=1S/C15H17N3O2/c19-15(20)14-9-13(17-18-14)12-3-1-2-11(8-12)10-4-6-16-7-5-10/h1-3,8-10,16H,4-7H2,(H,17,18)(H,19,20). The van der Waals surface area contributed by atoms with Gasteiger partial charge in [0.1, 0.15) is 5.69 Å². The van der Waals surface area contributed by atoms with Gasteiger partial charge in [-0.1, -0.05) is 18.2 Å². The van der Waals surface area contributed by atoms with E-state index in [4.69, 9.17) is 5.11 Å². The maximum atomic E-state index is 10.9. The molecule has 0 amide bonds. The van der Waals surface area contributed by atoms with Crippen molar-refractivity contribution in [3.05, 3.63) is 41.6 Å². The van der Waals surface area contributed by atoms with Crippen molar-refractivity contribution in [3.8, 4) is 11.3 Å². The van der Waals surface area contributed by atoms with Crippen LogP contribution in [0.25, 0.3) is 11.3 Å². The van der Waals surface area contributed by atoms with E-state index in [0.29, 0.717) is 11.6 Å². The van der Waals surface area contributed by atoms with Gasteiger partial charge in [-0.25, -0.2) is 4.79 Å². The molecule has 1 fully saturated rings. The number of hydrogen-bond donors (Lipinski definition) is 3. The number of H-pyrrole nitrogens is 1. The van der Waals surface area contributed by atoms with Gasteiger partial charge in [0.05, 0.1) is 5.69 Å². The Balaban J connectivity index is 1.87. The van der Waals surface area contributed by atoms with Crippen molar-refractivity contribution < 1.29 is 9.90 Å². The summed E-state index contributed by atoms with van der Waals surface area (Å²) in [5.74, 6) is -0.410. The number of aromatic nitrogens is 2. The van der Waals surface area contributed by atoms with Crippen LogP contribution in [0.15, 0.2) is 30.3 Å². The Hall–Kier alpha value is -2.14. The molecule has 2 heterocycles. The van der Waals surface area contributed by atoms with Crippen LogP contribution < -0.4 is 5.32 Å². The Kier molecular flexibility index (Phi) is 3.52. The van der Waals surface area contributed by atoms with Gasteiger partial charge in [-0.15, -0.1) is 0 Å². The lowest BCUT2D eigenvalue weighted by Crippen LogP contribution is -2.26. The number of aromatic amines is 1. The summed E-state index contributed by atoms with van der Waals surface area (Å²) < 4.78 is 0. The van der Waals surface area contributed by atoms with Crippen LogP contribution in [0.2, 0.25) is 0 Å². The molecule has 0 aliphatic carbocycles. The fourth-order valence-corrected chi connectivity index (χ4v) is 2.69. The second kappa shape index (κ2) is 5.46. The number of benzene rings is 1. The van der Waals surface area contributed by atoms with Crippen LogP contribution in [-0.4, -0.2) is 34.4 Å². The molecule has 3 N–H and O–H groups in total. The third-order valence-electron chi connectivity index (χ3n) is 3.80. The average Bonchev–Trinajstić information content (AvgIpc) is 2.98. The molecular formula is C15H17N3O2. The maximum Gasteiger partial charge on any atom is 0.353 e. The molecular weight excluding hydrogens is 254 g/mol. The first-order valence-electron chi connectivity index (χ1n) is 6.84. The smallest absolute Gasteiger partial charge is 0.353 e. The van der Waals surface area contributed by atoms with Gasteiger partial charge >= 0.3 is 5.97 Å². The molecule has 1 aromatic carbocycles. The Bertz CT molecular complexity index is 615. The number of aromatic carboxylic acids is 1. The number of nitrogens with one attached hydrogen (secondary N) is 2. The van der Waals surface area contributed by atoms with Crippen molar-refractivity contribution in [2.24, 2.45) is 0 Å². The molecule has 5 heteroatoms. The Morgan fingerprint density at radius 2 is 2.05 bits per heavy atom. The SMILES string of the molecule is O=C(O)c1cc(-c2cccc(C3CCNCC3)c2)n[nH]1. The highest BCUT2D eigenvalue weighted by Crippen LogP contribution is 2.28. The zero-order chi connectivity index (χ0) is 13.9. The van der Waals surface area contributed by atoms with E-state index < -0.39 is 5.97 Å². The van der Waals surface area contributed by atoms with Crippen molar-refractivity contribution in [2.75, 3.05) is 13.1 Å². The summed E-state index contributed by atoms with van der Waals surface area (Å²) >= 11 is 0. The van der Waals surface area contributed by atoms with Gasteiger partial charge in [0.25, 0.3) is 0 Å². The number of rotatable bonds is 3. The van der Waals surface area contributed by atoms with Gasteiger partial charge in [0.15, 0.2) is 0 Å². The lowest BCUT2D eigenvalue weighted by atomic mass is 9.89. The molecule has 104 valence electrons. The van der Waals surface area contributed by atoms with Crippen molar-refractivity contribution >= 4 is 5.97 Å². The van der Waals surface area contributed by atoms with Crippen LogP contribution >= 0.6 is 0 Å². The number of nitrogens with zero attached hydrogens (tertiary/aromatic N) is 1. The number of hydrogen-bond acceptors (Lipinski definition) is 3. The first-order valence-corrected chi connectivity index (χ1v) is 6.84. The lowest BCUT2D eigenvalue weighted by Gasteiger charge is -2.23. The van der Waals surface area contributed by atoms with Crippen molar-refractivity contribution in [1.82, 2.24) is 15.5 Å². The normalized spacial score (nSPS) is 16.2. The first-order chi connectivity index (χ1) is 9.74. The fourth-order valence-electron chi connectivity index (χ4n) is 2.69. The molecule has 0 unspecified atom stereocenters. The molecule has 0 spiro atoms. The first kappa shape index (κ1) is 12.9. The Morgan fingerprint density at radius 3 is 2.75 bits per heavy atom. The number of carboxylic acid groups (broad SMARTS) is 1. The van der Waals surface area contributed by atoms with Crippen LogP contribution in [0.4, 0.5) is 0 Å². The minimum Gasteiger partial charge on any atom is -0.477 e. The summed E-state index contributed by atoms with van der Waals surface area (Å²) in [7, 11) is 0. The average molecular weight is 271 g/mol. The summed E-state index contributed by atoms with van der Waals surface area (Å²) in [5.41, 5.74) is 3.07. The topological polar surface area (TPSA) is 78.0 Å². The van der Waals surface area contributed by atoms with Crippen LogP contribution in [0, 0.1) is 0 Å². The highest BCUT2D eigenvalue weighted by molar-refractivity contribution is 5.86. The van der Waals surface area contributed by atoms with Crippen LogP contribution in [0.3, 0.4) is 0 Å². The summed E-state index contributed by atoms with van der Waals surface area (Å²) in [6.45, 7) is 2.11. The summed E-state index contributed by atoms with van der Waals surface area (Å²) in [4.78, 5) is 10.9. The zero-order valence-electron chi connectivity index (χ0n) is 11.1. The molecule has 5 nitrogen and oxygen atoms in total. The Labute approximate surface area is 117 Å². The maximum absolute atomic E-state index is 10.9. The number of carboxylic acids is 1. The van der Waals surface area contributed by atoms with E-state index in [1.807, 2.05) is 12.1 Å². The third-order valence-corrected chi connectivity index (χ3v) is 3.80. The van der Waals surface area contributed by atoms with Gasteiger partial charge in [-0.3, -0.25) is 5.10 Å². The van der Waals surface area contributed by atoms with E-state index >= 15 is 0 Å². The van der Waals surface area contributed by atoms with E-state index in [1.165, 1.54) is 5.56 Å². The van der Waals surface area contributed by atoms with E-state index in [0.717, 1.165) is 31.5 Å². The van der Waals surface area contributed by atoms with E-state index in [1.54, 1.807) is 6.07 Å². The van der Waals surface area contributed by atoms with Gasteiger partial charge < -0.3 is 10.4 Å². The molecule has 1 saturated heterocycles. The number of carbonyl (C=O) groups is 1. The highest BCUT2D eigenvalue weighted by Gasteiger charge is 2.16. The molecule has 1 aliphatic rings. The summed E-state index contributed by atoms with van der Waals surface area (Å²) in [6, 6.07) is 9.82. The van der Waals surface area contributed by atoms with Gasteiger partial charge in [0.2, 0.25) is 0 Å². The molecule has 0 saturated carbocycles. The molecule has 0 bridgehead atoms. The van der Waals surface area contributed by atoms with Crippen LogP contribution in [0.1, 0.15) is 34.8 Å². The molecule has 2 aromatic rings. The Morgan fingerprint density at radius 1 is 1.25 bits per heavy atom. The van der Waals surface area contributed by atoms with Crippen molar-refractivity contribution in [1.29, 1.82) is 0 Å².